The molecule has 3 aromatic rings. The van der Waals surface area contributed by atoms with Crippen LogP contribution in [0.4, 0.5) is 0 Å². The number of rotatable bonds is 6. The lowest BCUT2D eigenvalue weighted by Crippen LogP contribution is -2.46. The van der Waals surface area contributed by atoms with Crippen molar-refractivity contribution in [3.05, 3.63) is 53.5 Å². The van der Waals surface area contributed by atoms with Crippen molar-refractivity contribution in [2.24, 2.45) is 0 Å². The van der Waals surface area contributed by atoms with Crippen molar-refractivity contribution in [1.29, 1.82) is 0 Å². The molecular weight excluding hydrogens is 504 g/mol. The van der Waals surface area contributed by atoms with Crippen LogP contribution in [0.25, 0.3) is 15.3 Å². The van der Waals surface area contributed by atoms with Gasteiger partial charge in [0.1, 0.15) is 4.83 Å². The van der Waals surface area contributed by atoms with Gasteiger partial charge in [0, 0.05) is 48.0 Å². The van der Waals surface area contributed by atoms with E-state index in [1.165, 1.54) is 15.3 Å². The molecule has 0 radical (unpaired) electrons. The molecule has 38 heavy (non-hydrogen) atoms. The first-order chi connectivity index (χ1) is 18.3. The van der Waals surface area contributed by atoms with Gasteiger partial charge in [0.05, 0.1) is 48.3 Å². The topological polar surface area (TPSA) is 129 Å². The molecule has 4 N–H and O–H groups in total. The van der Waals surface area contributed by atoms with E-state index in [0.29, 0.717) is 25.3 Å². The Balaban J connectivity index is 0.000000206. The van der Waals surface area contributed by atoms with Crippen LogP contribution in [0.1, 0.15) is 39.0 Å². The average molecular weight is 543 g/mol. The van der Waals surface area contributed by atoms with Crippen LogP contribution in [-0.4, -0.2) is 75.4 Å². The van der Waals surface area contributed by atoms with Gasteiger partial charge in [0.25, 0.3) is 0 Å². The molecule has 2 aliphatic heterocycles. The number of thiazole rings is 1. The average Bonchev–Trinajstić information content (AvgIpc) is 3.60. The van der Waals surface area contributed by atoms with Gasteiger partial charge >= 0.3 is 0 Å². The highest BCUT2D eigenvalue weighted by molar-refractivity contribution is 7.20. The number of dihydropyridines is 1. The summed E-state index contributed by atoms with van der Waals surface area (Å²) in [4.78, 5) is 27.1. The molecule has 5 heterocycles. The maximum absolute atomic E-state index is 12.1. The van der Waals surface area contributed by atoms with Crippen LogP contribution in [-0.2, 0) is 14.3 Å². The number of amides is 2. The molecule has 2 amide bonds. The van der Waals surface area contributed by atoms with Crippen LogP contribution in [0, 0.1) is 13.8 Å². The Kier molecular flexibility index (Phi) is 10.6. The molecule has 2 aliphatic rings. The summed E-state index contributed by atoms with van der Waals surface area (Å²) >= 11 is 1.74. The number of hydrogen-bond acceptors (Lipinski definition) is 8. The van der Waals surface area contributed by atoms with Crippen LogP contribution in [0.5, 0.6) is 0 Å². The van der Waals surface area contributed by atoms with E-state index in [0.717, 1.165) is 30.0 Å². The molecule has 11 nitrogen and oxygen atoms in total. The van der Waals surface area contributed by atoms with E-state index >= 15 is 0 Å². The maximum atomic E-state index is 12.1. The van der Waals surface area contributed by atoms with Gasteiger partial charge in [-0.1, -0.05) is 13.8 Å². The lowest BCUT2D eigenvalue weighted by atomic mass is 10.1. The number of nitrogens with zero attached hydrogens (tertiary/aromatic N) is 4. The second kappa shape index (κ2) is 13.9. The molecule has 0 aromatic carbocycles. The molecule has 3 aromatic heterocycles. The second-order valence-corrected chi connectivity index (χ2v) is 9.93. The summed E-state index contributed by atoms with van der Waals surface area (Å²) in [6.07, 6.45) is 10.1. The Bertz CT molecular complexity index is 1270. The lowest BCUT2D eigenvalue weighted by Gasteiger charge is -2.30. The highest BCUT2D eigenvalue weighted by atomic mass is 32.1. The number of carbonyl (C=O) groups excluding carboxylic acids is 2. The monoisotopic (exact) mass is 542 g/mol. The molecular formula is C26H38N8O3S. The number of H-pyrrole nitrogens is 1. The summed E-state index contributed by atoms with van der Waals surface area (Å²) < 4.78 is 7.37. The normalized spacial score (nSPS) is 19.1. The number of aryl methyl sites for hydroxylation is 2. The first-order valence-electron chi connectivity index (χ1n) is 12.8. The van der Waals surface area contributed by atoms with Gasteiger partial charge in [-0.05, 0) is 33.8 Å². The Labute approximate surface area is 227 Å². The van der Waals surface area contributed by atoms with Crippen LogP contribution >= 0.6 is 11.3 Å². The van der Waals surface area contributed by atoms with E-state index in [-0.39, 0.29) is 18.1 Å². The van der Waals surface area contributed by atoms with Gasteiger partial charge < -0.3 is 20.7 Å². The minimum Gasteiger partial charge on any atom is -0.381 e. The number of morpholine rings is 1. The predicted molar refractivity (Wildman–Crippen MR) is 149 cm³/mol. The number of aromatic nitrogens is 4. The fourth-order valence-corrected chi connectivity index (χ4v) is 5.09. The van der Waals surface area contributed by atoms with Gasteiger partial charge in [-0.25, -0.2) is 4.52 Å². The van der Waals surface area contributed by atoms with Gasteiger partial charge in [0.15, 0.2) is 0 Å². The zero-order valence-electron chi connectivity index (χ0n) is 22.9. The number of hydrogen-bond donors (Lipinski definition) is 4. The van der Waals surface area contributed by atoms with E-state index in [1.807, 2.05) is 57.7 Å². The lowest BCUT2D eigenvalue weighted by molar-refractivity contribution is -0.123. The van der Waals surface area contributed by atoms with E-state index in [1.54, 1.807) is 23.6 Å². The summed E-state index contributed by atoms with van der Waals surface area (Å²) in [6, 6.07) is 0.0101. The third-order valence-corrected chi connectivity index (χ3v) is 7.18. The van der Waals surface area contributed by atoms with Crippen molar-refractivity contribution in [1.82, 2.24) is 40.7 Å². The third-order valence-electron chi connectivity index (χ3n) is 5.93. The number of fused-ring (bicyclic) bond motifs is 1. The summed E-state index contributed by atoms with van der Waals surface area (Å²) in [6.45, 7) is 14.5. The first kappa shape index (κ1) is 29.1. The Morgan fingerprint density at radius 1 is 1.29 bits per heavy atom. The summed E-state index contributed by atoms with van der Waals surface area (Å²) in [5.74, 6) is -0.0755. The van der Waals surface area contributed by atoms with Crippen molar-refractivity contribution in [2.45, 2.75) is 53.7 Å². The molecule has 1 fully saturated rings. The van der Waals surface area contributed by atoms with Crippen LogP contribution in [0.15, 0.2) is 42.3 Å². The minimum absolute atomic E-state index is 0.0101. The van der Waals surface area contributed by atoms with Crippen LogP contribution in [0.3, 0.4) is 0 Å². The van der Waals surface area contributed by atoms with Crippen LogP contribution in [0.2, 0.25) is 0 Å². The number of ether oxygens (including phenoxy) is 1. The first-order valence-corrected chi connectivity index (χ1v) is 13.6. The largest absolute Gasteiger partial charge is 0.381 e. The van der Waals surface area contributed by atoms with Crippen LogP contribution < -0.4 is 16.0 Å². The second-order valence-electron chi connectivity index (χ2n) is 8.90. The number of nitrogens with one attached hydrogen (secondary N) is 4. The molecule has 0 bridgehead atoms. The highest BCUT2D eigenvalue weighted by Crippen LogP contribution is 2.31. The van der Waals surface area contributed by atoms with Gasteiger partial charge in [-0.15, -0.1) is 11.3 Å². The van der Waals surface area contributed by atoms with E-state index < -0.39 is 0 Å². The summed E-state index contributed by atoms with van der Waals surface area (Å²) in [7, 11) is 0. The molecule has 2 atom stereocenters. The maximum Gasteiger partial charge on any atom is 0.238 e. The van der Waals surface area contributed by atoms with Gasteiger partial charge in [-0.3, -0.25) is 19.6 Å². The van der Waals surface area contributed by atoms with Crippen molar-refractivity contribution in [3.8, 4) is 10.4 Å². The van der Waals surface area contributed by atoms with Gasteiger partial charge in [-0.2, -0.15) is 10.2 Å². The summed E-state index contributed by atoms with van der Waals surface area (Å²) in [5, 5.41) is 19.8. The van der Waals surface area contributed by atoms with Crippen molar-refractivity contribution in [2.75, 3.05) is 26.2 Å². The minimum atomic E-state index is -0.0755. The quantitative estimate of drug-likeness (QED) is 0.353. The highest BCUT2D eigenvalue weighted by Gasteiger charge is 2.20. The van der Waals surface area contributed by atoms with E-state index in [2.05, 4.69) is 43.1 Å². The summed E-state index contributed by atoms with van der Waals surface area (Å²) in [5.41, 5.74) is 4.83. The fraction of sp³-hybridized carbons (Fsp3) is 0.462. The smallest absolute Gasteiger partial charge is 0.238 e. The molecule has 2 unspecified atom stereocenters. The Morgan fingerprint density at radius 3 is 2.74 bits per heavy atom. The Hall–Kier alpha value is -3.48. The SMILES string of the molecule is CC.CC1CN(CC(=O)NC2=CNC(C)C(NC=O)=C2)CCO1.Cc1[nH]ncc1-c1cn2ncc(C)c2s1. The number of carbonyl (C=O) groups is 2. The van der Waals surface area contributed by atoms with Gasteiger partial charge in [0.2, 0.25) is 12.3 Å². The predicted octanol–water partition coefficient (Wildman–Crippen LogP) is 2.72. The van der Waals surface area contributed by atoms with E-state index in [9.17, 15) is 9.59 Å². The van der Waals surface area contributed by atoms with E-state index in [4.69, 9.17) is 4.74 Å². The molecule has 1 saturated heterocycles. The van der Waals surface area contributed by atoms with Crippen molar-refractivity contribution >= 4 is 28.5 Å². The molecule has 12 heteroatoms. The molecule has 206 valence electrons. The third kappa shape index (κ3) is 7.53. The standard InChI is InChI=1S/C14H22N4O3.C10H10N4S.C2H6/c1-10-7-18(3-4-21-10)8-14(20)17-12-5-13(16-9-19)11(2)15-6-12;1-6-3-12-14-5-9(15-10(6)14)8-4-11-13-7(8)2;1-2/h5-6,9-11,15H,3-4,7-8H2,1-2H3,(H,16,19)(H,17,20);3-5H,1-2H3,(H,11,13);1-2H3. The molecule has 0 saturated carbocycles. The Morgan fingerprint density at radius 2 is 2.08 bits per heavy atom. The zero-order valence-corrected chi connectivity index (χ0v) is 23.7. The van der Waals surface area contributed by atoms with Crippen molar-refractivity contribution < 1.29 is 14.3 Å². The molecule has 5 rings (SSSR count). The number of aromatic amines is 1. The molecule has 0 spiro atoms. The number of allylic oxidation sites excluding steroid dienone is 1. The molecule has 0 aliphatic carbocycles. The fourth-order valence-electron chi connectivity index (χ4n) is 4.01. The van der Waals surface area contributed by atoms with Crippen molar-refractivity contribution in [3.63, 3.8) is 0 Å². The zero-order chi connectivity index (χ0) is 27.7.